The predicted octanol–water partition coefficient (Wildman–Crippen LogP) is 8.31. The van der Waals surface area contributed by atoms with Gasteiger partial charge in [-0.2, -0.15) is 0 Å². The number of anilines is 2. The number of fused-ring (bicyclic) bond motifs is 1. The third kappa shape index (κ3) is 11.2. The van der Waals surface area contributed by atoms with Crippen molar-refractivity contribution in [2.24, 2.45) is 17.8 Å². The molecule has 1 aromatic rings. The predicted molar refractivity (Wildman–Crippen MR) is 205 cm³/mol. The van der Waals surface area contributed by atoms with E-state index in [0.717, 1.165) is 44.9 Å². The molecule has 53 heavy (non-hydrogen) atoms. The molecular weight excluding hydrogens is 682 g/mol. The molecule has 2 heterocycles. The molecule has 4 rings (SSSR count). The van der Waals surface area contributed by atoms with Crippen molar-refractivity contribution in [2.75, 3.05) is 30.9 Å². The lowest BCUT2D eigenvalue weighted by molar-refractivity contribution is -0.141. The van der Waals surface area contributed by atoms with E-state index in [9.17, 15) is 19.5 Å². The molecule has 0 bridgehead atoms. The zero-order valence-corrected chi connectivity index (χ0v) is 33.0. The maximum atomic E-state index is 15.5. The van der Waals surface area contributed by atoms with Crippen LogP contribution in [-0.4, -0.2) is 84.9 Å². The first-order valence-corrected chi connectivity index (χ1v) is 20.3. The van der Waals surface area contributed by atoms with Crippen molar-refractivity contribution >= 4 is 29.2 Å². The van der Waals surface area contributed by atoms with Crippen LogP contribution in [0.15, 0.2) is 18.2 Å². The van der Waals surface area contributed by atoms with Crippen LogP contribution >= 0.6 is 0 Å². The average molecular weight is 749 g/mol. The minimum Gasteiger partial charge on any atom is -0.497 e. The monoisotopic (exact) mass is 748 g/mol. The maximum Gasteiger partial charge on any atom is 0.408 e. The number of benzene rings is 1. The summed E-state index contributed by atoms with van der Waals surface area (Å²) in [4.78, 5) is 43.6. The molecule has 12 heteroatoms. The SMILES string of the molecule is CCCCCCCCCC(NC(=O)OC1CCC[C@H]1CCCCC(F)(F)C1Nc2ccc(OC)cc2N(C)C1O)C(=O)N1CC[C@@H](C)C1C(=O)C(C)C. The number of hydrogen-bond acceptors (Lipinski definition) is 8. The minimum absolute atomic E-state index is 0.0468. The number of likely N-dealkylation sites (tertiary alicyclic amines) is 1. The molecule has 1 saturated carbocycles. The second-order valence-corrected chi connectivity index (χ2v) is 16.1. The molecule has 1 saturated heterocycles. The first kappa shape index (κ1) is 42.6. The summed E-state index contributed by atoms with van der Waals surface area (Å²) in [5, 5.41) is 16.6. The van der Waals surface area contributed by atoms with Crippen molar-refractivity contribution in [1.29, 1.82) is 0 Å². The molecule has 1 aromatic carbocycles. The van der Waals surface area contributed by atoms with Crippen molar-refractivity contribution in [3.8, 4) is 5.75 Å². The number of likely N-dealkylation sites (N-methyl/N-ethyl adjacent to an activating group) is 1. The Balaban J connectivity index is 1.30. The Bertz CT molecular complexity index is 1350. The molecule has 0 aromatic heterocycles. The number of rotatable bonds is 20. The Morgan fingerprint density at radius 2 is 1.75 bits per heavy atom. The van der Waals surface area contributed by atoms with Crippen LogP contribution in [0.3, 0.4) is 0 Å². The molecule has 10 nitrogen and oxygen atoms in total. The van der Waals surface area contributed by atoms with Crippen LogP contribution < -0.4 is 20.3 Å². The van der Waals surface area contributed by atoms with Crippen LogP contribution in [0, 0.1) is 17.8 Å². The van der Waals surface area contributed by atoms with Crippen molar-refractivity contribution in [1.82, 2.24) is 10.2 Å². The van der Waals surface area contributed by atoms with Gasteiger partial charge in [0.15, 0.2) is 12.0 Å². The number of nitrogens with zero attached hydrogens (tertiary/aromatic N) is 2. The van der Waals surface area contributed by atoms with Gasteiger partial charge in [-0.25, -0.2) is 13.6 Å². The van der Waals surface area contributed by atoms with Crippen LogP contribution in [0.1, 0.15) is 130 Å². The van der Waals surface area contributed by atoms with E-state index < -0.39 is 42.8 Å². The Labute approximate surface area is 316 Å². The summed E-state index contributed by atoms with van der Waals surface area (Å²) in [5.74, 6) is -2.84. The summed E-state index contributed by atoms with van der Waals surface area (Å²) in [5.41, 5.74) is 1.10. The fourth-order valence-corrected chi connectivity index (χ4v) is 8.44. The highest BCUT2D eigenvalue weighted by Gasteiger charge is 2.48. The first-order valence-electron chi connectivity index (χ1n) is 20.3. The fourth-order valence-electron chi connectivity index (χ4n) is 8.44. The quantitative estimate of drug-likeness (QED) is 0.114. The molecule has 2 amide bonds. The van der Waals surface area contributed by atoms with Crippen LogP contribution in [0.25, 0.3) is 0 Å². The number of amides is 2. The van der Waals surface area contributed by atoms with E-state index in [1.165, 1.54) is 31.3 Å². The number of carbonyl (C=O) groups excluding carboxylic acids is 3. The van der Waals surface area contributed by atoms with E-state index >= 15 is 8.78 Å². The highest BCUT2D eigenvalue weighted by atomic mass is 19.3. The Morgan fingerprint density at radius 3 is 2.45 bits per heavy atom. The lowest BCUT2D eigenvalue weighted by Crippen LogP contribution is -2.57. The summed E-state index contributed by atoms with van der Waals surface area (Å²) in [6, 6.07) is 2.35. The van der Waals surface area contributed by atoms with Gasteiger partial charge in [-0.1, -0.05) is 79.1 Å². The molecule has 0 radical (unpaired) electrons. The lowest BCUT2D eigenvalue weighted by atomic mass is 9.92. The Morgan fingerprint density at radius 1 is 1.04 bits per heavy atom. The number of methoxy groups -OCH3 is 1. The summed E-state index contributed by atoms with van der Waals surface area (Å²) >= 11 is 0. The normalized spacial score (nSPS) is 24.9. The van der Waals surface area contributed by atoms with Crippen LogP contribution in [0.5, 0.6) is 5.75 Å². The van der Waals surface area contributed by atoms with Gasteiger partial charge in [-0.3, -0.25) is 9.59 Å². The van der Waals surface area contributed by atoms with E-state index in [0.29, 0.717) is 49.4 Å². The van der Waals surface area contributed by atoms with E-state index in [1.54, 1.807) is 30.1 Å². The van der Waals surface area contributed by atoms with Crippen LogP contribution in [0.2, 0.25) is 0 Å². The van der Waals surface area contributed by atoms with E-state index in [1.807, 2.05) is 20.8 Å². The zero-order valence-electron chi connectivity index (χ0n) is 33.0. The summed E-state index contributed by atoms with van der Waals surface area (Å²) in [6.45, 7) is 8.41. The van der Waals surface area contributed by atoms with Gasteiger partial charge in [0.05, 0.1) is 24.5 Å². The number of ether oxygens (including phenoxy) is 2. The second-order valence-electron chi connectivity index (χ2n) is 16.1. The van der Waals surface area contributed by atoms with Crippen LogP contribution in [0.4, 0.5) is 25.0 Å². The molecule has 2 fully saturated rings. The van der Waals surface area contributed by atoms with E-state index in [-0.39, 0.29) is 42.0 Å². The Kier molecular flexibility index (Phi) is 16.0. The van der Waals surface area contributed by atoms with Gasteiger partial charge in [-0.15, -0.1) is 0 Å². The fraction of sp³-hybridized carbons (Fsp3) is 0.780. The smallest absolute Gasteiger partial charge is 0.408 e. The lowest BCUT2D eigenvalue weighted by Gasteiger charge is -2.42. The van der Waals surface area contributed by atoms with E-state index in [2.05, 4.69) is 17.6 Å². The first-order chi connectivity index (χ1) is 25.3. The summed E-state index contributed by atoms with van der Waals surface area (Å²) in [7, 11) is 3.12. The number of ketones is 1. The average Bonchev–Trinajstić information content (AvgIpc) is 3.74. The van der Waals surface area contributed by atoms with Gasteiger partial charge in [0.25, 0.3) is 5.92 Å². The number of Topliss-reactive ketones (excluding diaryl/α,β-unsaturated/α-hetero) is 1. The van der Waals surface area contributed by atoms with E-state index in [4.69, 9.17) is 9.47 Å². The second kappa shape index (κ2) is 20.0. The number of halogens is 2. The number of carbonyl (C=O) groups is 3. The molecule has 300 valence electrons. The van der Waals surface area contributed by atoms with Crippen molar-refractivity contribution in [2.45, 2.75) is 167 Å². The van der Waals surface area contributed by atoms with Gasteiger partial charge in [0.1, 0.15) is 23.9 Å². The topological polar surface area (TPSA) is 120 Å². The van der Waals surface area contributed by atoms with Gasteiger partial charge in [-0.05, 0) is 68.9 Å². The van der Waals surface area contributed by atoms with Crippen molar-refractivity contribution < 1.29 is 37.7 Å². The highest BCUT2D eigenvalue weighted by molar-refractivity contribution is 5.93. The third-order valence-electron chi connectivity index (χ3n) is 11.8. The number of nitrogens with one attached hydrogen (secondary N) is 2. The highest BCUT2D eigenvalue weighted by Crippen LogP contribution is 2.41. The number of hydrogen-bond donors (Lipinski definition) is 3. The zero-order chi connectivity index (χ0) is 38.7. The van der Waals surface area contributed by atoms with Gasteiger partial charge >= 0.3 is 6.09 Å². The molecule has 2 aliphatic heterocycles. The number of alkyl halides is 2. The van der Waals surface area contributed by atoms with Gasteiger partial charge in [0.2, 0.25) is 5.91 Å². The summed E-state index contributed by atoms with van der Waals surface area (Å²) in [6.07, 6.45) is 9.84. The number of aliphatic hydroxyl groups excluding tert-OH is 1. The van der Waals surface area contributed by atoms with Crippen molar-refractivity contribution in [3.63, 3.8) is 0 Å². The molecular formula is C41H66F2N4O6. The molecule has 3 aliphatic rings. The molecule has 1 aliphatic carbocycles. The van der Waals surface area contributed by atoms with Crippen LogP contribution in [-0.2, 0) is 14.3 Å². The van der Waals surface area contributed by atoms with Gasteiger partial charge in [0, 0.05) is 32.0 Å². The molecule has 3 N–H and O–H groups in total. The number of unbranched alkanes of at least 4 members (excludes halogenated alkanes) is 7. The largest absolute Gasteiger partial charge is 0.497 e. The third-order valence-corrected chi connectivity index (χ3v) is 11.8. The summed E-state index contributed by atoms with van der Waals surface area (Å²) < 4.78 is 42.3. The molecule has 5 unspecified atom stereocenters. The standard InChI is InChI=1S/C41H66F2N4O6/c1-7-8-9-10-11-12-13-19-32(38(49)47-25-23-28(4)35(47)36(48)27(2)3)45-40(51)53-34-20-16-18-29(34)17-14-15-24-41(42,43)37-39(50)46(5)33-26-30(52-6)21-22-31(33)44-37/h21-22,26-29,32,34-35,37,39,44,50H,7-20,23-25H2,1-6H3,(H,45,51)/t28-,29-,32?,34?,35?,37?,39?/m1/s1. The van der Waals surface area contributed by atoms with Gasteiger partial charge < -0.3 is 35.0 Å². The number of aliphatic hydroxyl groups is 1. The van der Waals surface area contributed by atoms with Crippen molar-refractivity contribution in [3.05, 3.63) is 18.2 Å². The Hall–Kier alpha value is -3.15. The minimum atomic E-state index is -3.17. The maximum absolute atomic E-state index is 15.5. The molecule has 0 spiro atoms. The number of alkyl carbamates (subject to hydrolysis) is 1. The molecule has 7 atom stereocenters.